The van der Waals surface area contributed by atoms with E-state index >= 15 is 0 Å². The Labute approximate surface area is 166 Å². The number of alkyl halides is 1. The number of benzene rings is 1. The van der Waals surface area contributed by atoms with Gasteiger partial charge >= 0.3 is 0 Å². The van der Waals surface area contributed by atoms with Gasteiger partial charge in [0.2, 0.25) is 5.88 Å². The molecule has 4 heterocycles. The van der Waals surface area contributed by atoms with Crippen molar-refractivity contribution in [3.8, 4) is 34.0 Å². The maximum atomic E-state index is 14.6. The molecule has 0 unspecified atom stereocenters. The molecule has 0 aliphatic carbocycles. The number of fused-ring (bicyclic) bond motifs is 2. The van der Waals surface area contributed by atoms with Crippen molar-refractivity contribution in [2.24, 2.45) is 0 Å². The van der Waals surface area contributed by atoms with E-state index in [-0.39, 0.29) is 23.7 Å². The van der Waals surface area contributed by atoms with Crippen LogP contribution in [0.2, 0.25) is 0 Å². The van der Waals surface area contributed by atoms with Crippen LogP contribution < -0.4 is 10.1 Å². The first kappa shape index (κ1) is 18.0. The molecule has 2 aliphatic rings. The van der Waals surface area contributed by atoms with Gasteiger partial charge in [0.15, 0.2) is 6.17 Å². The number of ether oxygens (including phenoxy) is 2. The van der Waals surface area contributed by atoms with Crippen LogP contribution in [0.3, 0.4) is 0 Å². The highest BCUT2D eigenvalue weighted by atomic mass is 19.1. The van der Waals surface area contributed by atoms with E-state index in [0.717, 1.165) is 11.1 Å². The third kappa shape index (κ3) is 3.54. The van der Waals surface area contributed by atoms with Gasteiger partial charge in [0.25, 0.3) is 0 Å². The first-order valence-electron chi connectivity index (χ1n) is 9.48. The summed E-state index contributed by atoms with van der Waals surface area (Å²) in [5.74, 6) is 0.346. The van der Waals surface area contributed by atoms with E-state index in [4.69, 9.17) is 9.47 Å². The number of phenolic OH excluding ortho intramolecular Hbond substituents is 1. The lowest BCUT2D eigenvalue weighted by molar-refractivity contribution is -0.0594. The van der Waals surface area contributed by atoms with Crippen molar-refractivity contribution < 1.29 is 19.0 Å². The molecule has 2 saturated heterocycles. The van der Waals surface area contributed by atoms with Crippen LogP contribution in [-0.2, 0) is 4.74 Å². The van der Waals surface area contributed by atoms with Crippen molar-refractivity contribution in [3.63, 3.8) is 0 Å². The zero-order chi connectivity index (χ0) is 19.8. The van der Waals surface area contributed by atoms with Crippen LogP contribution in [0.4, 0.5) is 4.39 Å². The number of rotatable bonds is 4. The lowest BCUT2D eigenvalue weighted by atomic mass is 9.93. The van der Waals surface area contributed by atoms with Crippen molar-refractivity contribution in [1.82, 2.24) is 25.7 Å². The zero-order valence-corrected chi connectivity index (χ0v) is 15.5. The highest BCUT2D eigenvalue weighted by molar-refractivity contribution is 5.73. The van der Waals surface area contributed by atoms with Crippen LogP contribution >= 0.6 is 0 Å². The van der Waals surface area contributed by atoms with Gasteiger partial charge in [-0.15, -0.1) is 10.2 Å². The maximum Gasteiger partial charge on any atom is 0.233 e. The van der Waals surface area contributed by atoms with Crippen molar-refractivity contribution >= 4 is 0 Å². The zero-order valence-electron chi connectivity index (χ0n) is 15.5. The minimum absolute atomic E-state index is 0.0849. The Morgan fingerprint density at radius 2 is 2.07 bits per heavy atom. The Morgan fingerprint density at radius 3 is 2.83 bits per heavy atom. The number of halogens is 1. The average Bonchev–Trinajstić information content (AvgIpc) is 3.28. The summed E-state index contributed by atoms with van der Waals surface area (Å²) in [5, 5.41) is 28.5. The summed E-state index contributed by atoms with van der Waals surface area (Å²) in [6, 6.07) is 8.37. The largest absolute Gasteiger partial charge is 0.507 e. The highest BCUT2D eigenvalue weighted by Gasteiger charge is 2.42. The summed E-state index contributed by atoms with van der Waals surface area (Å²) in [7, 11) is 0. The number of hydrogen-bond acceptors (Lipinski definition) is 7. The van der Waals surface area contributed by atoms with Crippen molar-refractivity contribution in [3.05, 3.63) is 42.7 Å². The fraction of sp³-hybridized carbons (Fsp3) is 0.350. The molecule has 3 N–H and O–H groups in total. The average molecular weight is 397 g/mol. The second kappa shape index (κ2) is 7.41. The van der Waals surface area contributed by atoms with E-state index in [2.05, 4.69) is 25.7 Å². The topological polar surface area (TPSA) is 105 Å². The smallest absolute Gasteiger partial charge is 0.233 e. The van der Waals surface area contributed by atoms with Gasteiger partial charge in [-0.1, -0.05) is 6.07 Å². The Kier molecular flexibility index (Phi) is 4.61. The number of aromatic amines is 1. The predicted molar refractivity (Wildman–Crippen MR) is 102 cm³/mol. The number of H-pyrrole nitrogens is 1. The number of phenols is 1. The summed E-state index contributed by atoms with van der Waals surface area (Å²) in [5.41, 5.74) is 2.76. The minimum atomic E-state index is -1.17. The van der Waals surface area contributed by atoms with Crippen molar-refractivity contribution in [2.45, 2.75) is 30.8 Å². The summed E-state index contributed by atoms with van der Waals surface area (Å²) in [6.45, 7) is 0.901. The molecule has 4 atom stereocenters. The van der Waals surface area contributed by atoms with Gasteiger partial charge < -0.3 is 19.9 Å². The van der Waals surface area contributed by atoms with Gasteiger partial charge in [-0.25, -0.2) is 4.39 Å². The Balaban J connectivity index is 1.31. The molecule has 2 fully saturated rings. The molecular weight excluding hydrogens is 377 g/mol. The van der Waals surface area contributed by atoms with E-state index in [9.17, 15) is 9.50 Å². The van der Waals surface area contributed by atoms with Gasteiger partial charge in [-0.05, 0) is 23.8 Å². The van der Waals surface area contributed by atoms with Crippen LogP contribution in [0.25, 0.3) is 22.4 Å². The number of piperidine rings is 1. The van der Waals surface area contributed by atoms with E-state index in [0.29, 0.717) is 30.9 Å². The highest BCUT2D eigenvalue weighted by Crippen LogP contribution is 2.32. The third-order valence-corrected chi connectivity index (χ3v) is 5.34. The molecule has 1 aromatic carbocycles. The first-order chi connectivity index (χ1) is 14.2. The lowest BCUT2D eigenvalue weighted by Crippen LogP contribution is -2.62. The number of morpholine rings is 1. The molecule has 5 rings (SSSR count). The molecule has 3 aromatic rings. The lowest BCUT2D eigenvalue weighted by Gasteiger charge is -2.41. The molecule has 0 radical (unpaired) electrons. The number of hydrogen-bond donors (Lipinski definition) is 3. The van der Waals surface area contributed by atoms with Gasteiger partial charge in [0, 0.05) is 35.9 Å². The molecule has 9 heteroatoms. The normalized spacial score (nSPS) is 26.2. The fourth-order valence-corrected chi connectivity index (χ4v) is 3.86. The van der Waals surface area contributed by atoms with E-state index < -0.39 is 12.3 Å². The van der Waals surface area contributed by atoms with Gasteiger partial charge in [0.1, 0.15) is 11.9 Å². The maximum absolute atomic E-state index is 14.6. The number of nitrogens with zero attached hydrogens (tertiary/aromatic N) is 3. The minimum Gasteiger partial charge on any atom is -0.507 e. The van der Waals surface area contributed by atoms with Crippen LogP contribution in [-0.4, -0.2) is 63.1 Å². The molecule has 2 aromatic heterocycles. The fourth-order valence-electron chi connectivity index (χ4n) is 3.86. The second-order valence-electron chi connectivity index (χ2n) is 7.32. The summed E-state index contributed by atoms with van der Waals surface area (Å²) >= 11 is 0. The summed E-state index contributed by atoms with van der Waals surface area (Å²) in [6.07, 6.45) is 2.18. The molecule has 0 spiro atoms. The molecule has 2 bridgehead atoms. The molecule has 150 valence electrons. The first-order valence-corrected chi connectivity index (χ1v) is 9.48. The number of aromatic hydroxyl groups is 1. The predicted octanol–water partition coefficient (Wildman–Crippen LogP) is 2.09. The van der Waals surface area contributed by atoms with E-state index in [1.54, 1.807) is 36.7 Å². The Bertz CT molecular complexity index is 982. The number of aromatic nitrogens is 4. The van der Waals surface area contributed by atoms with Crippen molar-refractivity contribution in [2.75, 3.05) is 13.2 Å². The van der Waals surface area contributed by atoms with Crippen molar-refractivity contribution in [1.29, 1.82) is 0 Å². The Hall–Kier alpha value is -3.04. The van der Waals surface area contributed by atoms with Crippen LogP contribution in [0.15, 0.2) is 42.7 Å². The van der Waals surface area contributed by atoms with Crippen LogP contribution in [0.5, 0.6) is 11.6 Å². The third-order valence-electron chi connectivity index (χ3n) is 5.34. The molecule has 0 saturated carbocycles. The molecule has 8 nitrogen and oxygen atoms in total. The van der Waals surface area contributed by atoms with Crippen LogP contribution in [0.1, 0.15) is 6.42 Å². The number of nitrogens with one attached hydrogen (secondary N) is 2. The van der Waals surface area contributed by atoms with Gasteiger partial charge in [-0.3, -0.25) is 5.10 Å². The standard InChI is InChI=1S/C20H20FN5O3/c21-20-16-10-28-9-13(24-16)6-18(20)29-19-4-3-15(25-26-19)14-2-1-11(5-17(14)27)12-7-22-23-8-12/h1-5,7-8,13,16,18,20,24,27H,6,9-10H2,(H,22,23)/t13-,16-,18+,20-/m0/s1. The second-order valence-corrected chi connectivity index (χ2v) is 7.32. The molecule has 0 amide bonds. The van der Waals surface area contributed by atoms with Gasteiger partial charge in [0.05, 0.1) is 31.1 Å². The van der Waals surface area contributed by atoms with E-state index in [1.807, 2.05) is 6.07 Å². The van der Waals surface area contributed by atoms with Gasteiger partial charge in [-0.2, -0.15) is 5.10 Å². The van der Waals surface area contributed by atoms with E-state index in [1.165, 1.54) is 0 Å². The summed E-state index contributed by atoms with van der Waals surface area (Å²) in [4.78, 5) is 0. The molecule has 2 aliphatic heterocycles. The summed E-state index contributed by atoms with van der Waals surface area (Å²) < 4.78 is 25.8. The quantitative estimate of drug-likeness (QED) is 0.619. The molecule has 29 heavy (non-hydrogen) atoms. The van der Waals surface area contributed by atoms with Crippen LogP contribution in [0, 0.1) is 0 Å². The monoisotopic (exact) mass is 397 g/mol. The Morgan fingerprint density at radius 1 is 1.14 bits per heavy atom. The molecular formula is C20H20FN5O3. The SMILES string of the molecule is Oc1cc(-c2cn[nH]c2)ccc1-c1ccc(O[C@@H]2C[C@H]3COC[C@H](N3)[C@@H]2F)nn1.